The number of nitrogens with one attached hydrogen (secondary N) is 2. The quantitative estimate of drug-likeness (QED) is 0.449. The molecule has 2 N–H and O–H groups in total. The van der Waals surface area contributed by atoms with Crippen molar-refractivity contribution in [2.75, 3.05) is 13.2 Å². The molecule has 0 fully saturated rings. The van der Waals surface area contributed by atoms with Gasteiger partial charge in [0.05, 0.1) is 6.61 Å². The number of thiocarbonyl (C=S) groups is 1. The van der Waals surface area contributed by atoms with Gasteiger partial charge < -0.3 is 5.32 Å². The molecule has 0 bridgehead atoms. The van der Waals surface area contributed by atoms with Gasteiger partial charge in [0, 0.05) is 6.54 Å². The lowest BCUT2D eigenvalue weighted by Crippen LogP contribution is -2.34. The predicted octanol–water partition coefficient (Wildman–Crippen LogP) is 0.422. The predicted molar refractivity (Wildman–Crippen MR) is 41.0 cm³/mol. The smallest absolute Gasteiger partial charge is 0.190 e. The molecule has 0 spiro atoms. The summed E-state index contributed by atoms with van der Waals surface area (Å²) in [7, 11) is 0. The van der Waals surface area contributed by atoms with Gasteiger partial charge in [-0.2, -0.15) is 0 Å². The van der Waals surface area contributed by atoms with E-state index in [1.54, 1.807) is 0 Å². The van der Waals surface area contributed by atoms with Crippen molar-refractivity contribution in [3.05, 3.63) is 0 Å². The molecular weight excluding hydrogens is 136 g/mol. The van der Waals surface area contributed by atoms with Crippen molar-refractivity contribution < 1.29 is 4.84 Å². The lowest BCUT2D eigenvalue weighted by Gasteiger charge is -2.05. The Morgan fingerprint density at radius 1 is 1.56 bits per heavy atom. The molecule has 0 radical (unpaired) electrons. The maximum Gasteiger partial charge on any atom is 0.190 e. The van der Waals surface area contributed by atoms with Crippen molar-refractivity contribution in [3.63, 3.8) is 0 Å². The molecule has 0 aliphatic carbocycles. The van der Waals surface area contributed by atoms with Gasteiger partial charge in [0.1, 0.15) is 0 Å². The molecule has 9 heavy (non-hydrogen) atoms. The van der Waals surface area contributed by atoms with Crippen molar-refractivity contribution >= 4 is 17.3 Å². The number of hydrogen-bond acceptors (Lipinski definition) is 2. The zero-order chi connectivity index (χ0) is 7.11. The highest BCUT2D eigenvalue weighted by Crippen LogP contribution is 1.67. The fraction of sp³-hybridized carbons (Fsp3) is 0.800. The molecule has 0 amide bonds. The zero-order valence-corrected chi connectivity index (χ0v) is 6.55. The third kappa shape index (κ3) is 5.52. The molecule has 0 saturated carbocycles. The molecule has 0 saturated heterocycles. The highest BCUT2D eigenvalue weighted by molar-refractivity contribution is 7.80. The maximum absolute atomic E-state index is 4.79. The Labute approximate surface area is 60.7 Å². The summed E-state index contributed by atoms with van der Waals surface area (Å²) in [6.07, 6.45) is 0. The summed E-state index contributed by atoms with van der Waals surface area (Å²) in [6, 6.07) is 0. The summed E-state index contributed by atoms with van der Waals surface area (Å²) in [6.45, 7) is 5.30. The van der Waals surface area contributed by atoms with Gasteiger partial charge in [-0.1, -0.05) is 0 Å². The molecule has 3 nitrogen and oxygen atoms in total. The summed E-state index contributed by atoms with van der Waals surface area (Å²) in [5.41, 5.74) is 2.55. The molecule has 0 unspecified atom stereocenters. The number of hydrogen-bond donors (Lipinski definition) is 2. The Morgan fingerprint density at radius 2 is 2.22 bits per heavy atom. The zero-order valence-electron chi connectivity index (χ0n) is 5.73. The van der Waals surface area contributed by atoms with Crippen LogP contribution in [0.4, 0.5) is 0 Å². The molecular formula is C5H12N2OS. The standard InChI is InChI=1S/C5H12N2OS/c1-3-6-5(9)7-8-4-2/h3-4H2,1-2H3,(H2,6,7,9). The van der Waals surface area contributed by atoms with E-state index in [1.807, 2.05) is 13.8 Å². The van der Waals surface area contributed by atoms with Crippen LogP contribution in [0.5, 0.6) is 0 Å². The third-order valence-corrected chi connectivity index (χ3v) is 0.874. The van der Waals surface area contributed by atoms with Crippen LogP contribution >= 0.6 is 12.2 Å². The Balaban J connectivity index is 3.06. The minimum absolute atomic E-state index is 0.541. The van der Waals surface area contributed by atoms with Gasteiger partial charge in [0.2, 0.25) is 0 Å². The van der Waals surface area contributed by atoms with Crippen LogP contribution in [0.3, 0.4) is 0 Å². The van der Waals surface area contributed by atoms with Crippen LogP contribution < -0.4 is 10.8 Å². The van der Waals surface area contributed by atoms with Gasteiger partial charge >= 0.3 is 0 Å². The van der Waals surface area contributed by atoms with Crippen molar-refractivity contribution in [1.82, 2.24) is 10.8 Å². The van der Waals surface area contributed by atoms with E-state index in [1.165, 1.54) is 0 Å². The average Bonchev–Trinajstić information content (AvgIpc) is 1.85. The van der Waals surface area contributed by atoms with Crippen molar-refractivity contribution in [2.45, 2.75) is 13.8 Å². The summed E-state index contributed by atoms with van der Waals surface area (Å²) < 4.78 is 0. The lowest BCUT2D eigenvalue weighted by atomic mass is 10.8. The molecule has 0 aliphatic rings. The van der Waals surface area contributed by atoms with E-state index in [9.17, 15) is 0 Å². The SMILES string of the molecule is CCNC(=S)NOCC. The molecule has 54 valence electrons. The van der Waals surface area contributed by atoms with E-state index in [4.69, 9.17) is 17.1 Å². The summed E-state index contributed by atoms with van der Waals surface area (Å²) in [5.74, 6) is 0. The second-order valence-electron chi connectivity index (χ2n) is 1.39. The second-order valence-corrected chi connectivity index (χ2v) is 1.80. The van der Waals surface area contributed by atoms with E-state index < -0.39 is 0 Å². The molecule has 0 atom stereocenters. The minimum Gasteiger partial charge on any atom is -0.361 e. The van der Waals surface area contributed by atoms with Crippen LogP contribution in [0.15, 0.2) is 0 Å². The first-order valence-corrected chi connectivity index (χ1v) is 3.37. The largest absolute Gasteiger partial charge is 0.361 e. The molecule has 0 rings (SSSR count). The highest BCUT2D eigenvalue weighted by Gasteiger charge is 1.87. The highest BCUT2D eigenvalue weighted by atomic mass is 32.1. The van der Waals surface area contributed by atoms with Crippen LogP contribution in [0.25, 0.3) is 0 Å². The number of rotatable bonds is 3. The van der Waals surface area contributed by atoms with E-state index >= 15 is 0 Å². The fourth-order valence-electron chi connectivity index (χ4n) is 0.334. The Morgan fingerprint density at radius 3 is 2.67 bits per heavy atom. The first kappa shape index (κ1) is 8.65. The Hall–Kier alpha value is -0.350. The van der Waals surface area contributed by atoms with Gasteiger partial charge in [-0.3, -0.25) is 4.84 Å². The van der Waals surface area contributed by atoms with Crippen LogP contribution in [-0.4, -0.2) is 18.3 Å². The topological polar surface area (TPSA) is 33.3 Å². The van der Waals surface area contributed by atoms with Gasteiger partial charge in [0.15, 0.2) is 5.11 Å². The first-order valence-electron chi connectivity index (χ1n) is 2.96. The summed E-state index contributed by atoms with van der Waals surface area (Å²) in [4.78, 5) is 4.79. The summed E-state index contributed by atoms with van der Waals surface area (Å²) in [5, 5.41) is 3.42. The minimum atomic E-state index is 0.541. The second kappa shape index (κ2) is 5.78. The molecule has 0 aromatic rings. The van der Waals surface area contributed by atoms with Crippen molar-refractivity contribution in [3.8, 4) is 0 Å². The van der Waals surface area contributed by atoms with E-state index in [0.717, 1.165) is 6.54 Å². The van der Waals surface area contributed by atoms with Gasteiger partial charge in [-0.15, -0.1) is 0 Å². The molecule has 0 aromatic carbocycles. The monoisotopic (exact) mass is 148 g/mol. The van der Waals surface area contributed by atoms with Gasteiger partial charge in [0.25, 0.3) is 0 Å². The van der Waals surface area contributed by atoms with Crippen LogP contribution in [0.1, 0.15) is 13.8 Å². The van der Waals surface area contributed by atoms with Crippen LogP contribution in [0, 0.1) is 0 Å². The number of hydroxylamine groups is 1. The molecule has 0 aliphatic heterocycles. The Bertz CT molecular complexity index is 87.0. The first-order chi connectivity index (χ1) is 4.31. The van der Waals surface area contributed by atoms with Crippen LogP contribution in [-0.2, 0) is 4.84 Å². The van der Waals surface area contributed by atoms with Crippen molar-refractivity contribution in [2.24, 2.45) is 0 Å². The summed E-state index contributed by atoms with van der Waals surface area (Å²) >= 11 is 4.77. The van der Waals surface area contributed by atoms with Crippen molar-refractivity contribution in [1.29, 1.82) is 0 Å². The fourth-order valence-corrected chi connectivity index (χ4v) is 0.538. The molecule has 4 heteroatoms. The van der Waals surface area contributed by atoms with Crippen LogP contribution in [0.2, 0.25) is 0 Å². The Kier molecular flexibility index (Phi) is 5.56. The lowest BCUT2D eigenvalue weighted by molar-refractivity contribution is 0.0963. The normalized spacial score (nSPS) is 8.67. The van der Waals surface area contributed by atoms with E-state index in [0.29, 0.717) is 11.7 Å². The maximum atomic E-state index is 4.79. The molecule has 0 aromatic heterocycles. The van der Waals surface area contributed by atoms with Gasteiger partial charge in [-0.05, 0) is 26.1 Å². The van der Waals surface area contributed by atoms with E-state index in [-0.39, 0.29) is 0 Å². The third-order valence-electron chi connectivity index (χ3n) is 0.647. The van der Waals surface area contributed by atoms with E-state index in [2.05, 4.69) is 10.8 Å². The van der Waals surface area contributed by atoms with Gasteiger partial charge in [-0.25, -0.2) is 5.48 Å². The average molecular weight is 148 g/mol. The molecule has 0 heterocycles.